The molecule has 2 aromatic carbocycles. The monoisotopic (exact) mass is 260 g/mol. The number of hydrogen-bond acceptors (Lipinski definition) is 2. The molecule has 2 aromatic rings. The lowest BCUT2D eigenvalue weighted by atomic mass is 10.1. The molecule has 18 heavy (non-hydrogen) atoms. The molecule has 0 saturated heterocycles. The van der Waals surface area contributed by atoms with Crippen molar-refractivity contribution < 1.29 is 9.67 Å². The van der Waals surface area contributed by atoms with E-state index in [0.717, 1.165) is 21.7 Å². The first-order valence-electron chi connectivity index (χ1n) is 5.90. The zero-order valence-electron chi connectivity index (χ0n) is 10.8. The average molecular weight is 260 g/mol. The Hall–Kier alpha value is -1.53. The maximum absolute atomic E-state index is 12.5. The van der Waals surface area contributed by atoms with Crippen molar-refractivity contribution in [2.45, 2.75) is 20.8 Å². The summed E-state index contributed by atoms with van der Waals surface area (Å²) in [6.07, 6.45) is 0. The quantitative estimate of drug-likeness (QED) is 0.843. The summed E-state index contributed by atoms with van der Waals surface area (Å²) in [5.41, 5.74) is 3.44. The summed E-state index contributed by atoms with van der Waals surface area (Å²) < 4.78 is 12.5. The summed E-state index contributed by atoms with van der Waals surface area (Å²) in [5.74, 6) is 0.199. The lowest BCUT2D eigenvalue weighted by Crippen LogP contribution is -2.10. The first-order valence-corrected chi connectivity index (χ1v) is 7.31. The maximum Gasteiger partial charge on any atom is 0.132 e. The van der Waals surface area contributed by atoms with E-state index in [1.54, 1.807) is 24.3 Å². The first kappa shape index (κ1) is 12.9. The van der Waals surface area contributed by atoms with Crippen LogP contribution in [0.4, 0.5) is 0 Å². The molecule has 0 aliphatic carbocycles. The molecule has 0 spiro atoms. The van der Waals surface area contributed by atoms with E-state index in [1.165, 1.54) is 5.56 Å². The van der Waals surface area contributed by atoms with Crippen molar-refractivity contribution in [3.05, 3.63) is 53.1 Å². The zero-order chi connectivity index (χ0) is 13.3. The normalized spacial score (nSPS) is 12.4. The first-order chi connectivity index (χ1) is 8.49. The fourth-order valence-corrected chi connectivity index (χ4v) is 3.53. The molecule has 0 aromatic heterocycles. The molecule has 0 saturated carbocycles. The Kier molecular flexibility index (Phi) is 3.58. The molecule has 3 heteroatoms. The van der Waals surface area contributed by atoms with Crippen molar-refractivity contribution in [2.75, 3.05) is 0 Å². The van der Waals surface area contributed by atoms with E-state index in [1.807, 2.05) is 19.9 Å². The minimum absolute atomic E-state index is 0.199. The van der Waals surface area contributed by atoms with Crippen LogP contribution in [0.15, 0.2) is 36.4 Å². The van der Waals surface area contributed by atoms with Gasteiger partial charge in [0.2, 0.25) is 0 Å². The number of aryl methyl sites for hydroxylation is 3. The fourth-order valence-electron chi connectivity index (χ4n) is 1.97. The van der Waals surface area contributed by atoms with E-state index in [4.69, 9.17) is 0 Å². The van der Waals surface area contributed by atoms with E-state index >= 15 is 0 Å². The predicted molar refractivity (Wildman–Crippen MR) is 77.0 cm³/mol. The summed E-state index contributed by atoms with van der Waals surface area (Å²) in [6.45, 7) is 6.08. The molecular weight excluding hydrogens is 243 g/mol. The van der Waals surface area contributed by atoms with Crippen LogP contribution in [-0.4, -0.2) is 5.11 Å². The van der Waals surface area contributed by atoms with Gasteiger partial charge in [-0.05, 0) is 67.8 Å². The highest BCUT2D eigenvalue weighted by Gasteiger charge is 2.11. The number of phenols is 1. The second-order valence-electron chi connectivity index (χ2n) is 4.63. The topological polar surface area (TPSA) is 37.3 Å². The molecule has 0 radical (unpaired) electrons. The third-order valence-electron chi connectivity index (χ3n) is 3.21. The number of rotatable bonds is 2. The van der Waals surface area contributed by atoms with Gasteiger partial charge >= 0.3 is 0 Å². The molecule has 0 bridgehead atoms. The Morgan fingerprint density at radius 2 is 1.44 bits per heavy atom. The molecule has 0 fully saturated rings. The zero-order valence-corrected chi connectivity index (χ0v) is 11.8. The Morgan fingerprint density at radius 1 is 0.889 bits per heavy atom. The van der Waals surface area contributed by atoms with Crippen LogP contribution in [0, 0.1) is 20.8 Å². The molecule has 1 atom stereocenters. The molecule has 0 amide bonds. The van der Waals surface area contributed by atoms with Crippen LogP contribution < -0.4 is 10.6 Å². The average Bonchev–Trinajstić information content (AvgIpc) is 2.34. The van der Waals surface area contributed by atoms with Gasteiger partial charge in [-0.2, -0.15) is 0 Å². The van der Waals surface area contributed by atoms with E-state index in [-0.39, 0.29) is 5.75 Å². The minimum Gasteiger partial charge on any atom is -0.508 e. The van der Waals surface area contributed by atoms with Crippen LogP contribution in [0.1, 0.15) is 16.7 Å². The number of phenolic OH excluding ortho intramolecular Hbond substituents is 1. The smallest absolute Gasteiger partial charge is 0.132 e. The van der Waals surface area contributed by atoms with Gasteiger partial charge < -0.3 is 9.67 Å². The van der Waals surface area contributed by atoms with Crippen molar-refractivity contribution in [3.8, 4) is 5.75 Å². The highest BCUT2D eigenvalue weighted by atomic mass is 31.1. The summed E-state index contributed by atoms with van der Waals surface area (Å²) in [6, 6.07) is 10.7. The van der Waals surface area contributed by atoms with E-state index < -0.39 is 7.80 Å². The third-order valence-corrected chi connectivity index (χ3v) is 5.10. The fraction of sp³-hybridized carbons (Fsp3) is 0.200. The van der Waals surface area contributed by atoms with Crippen LogP contribution in [0.5, 0.6) is 5.75 Å². The van der Waals surface area contributed by atoms with Crippen LogP contribution >= 0.6 is 7.80 Å². The van der Waals surface area contributed by atoms with Gasteiger partial charge in [0.15, 0.2) is 0 Å². The van der Waals surface area contributed by atoms with Gasteiger partial charge in [0.05, 0.1) is 0 Å². The summed E-state index contributed by atoms with van der Waals surface area (Å²) >= 11 is 0. The van der Waals surface area contributed by atoms with Gasteiger partial charge in [0.25, 0.3) is 0 Å². The Labute approximate surface area is 108 Å². The Balaban J connectivity index is 2.46. The Bertz CT molecular complexity index is 601. The van der Waals surface area contributed by atoms with Crippen LogP contribution in [0.2, 0.25) is 0 Å². The number of aromatic hydroxyl groups is 1. The number of benzene rings is 2. The Morgan fingerprint density at radius 3 is 2.06 bits per heavy atom. The second-order valence-corrected chi connectivity index (χ2v) is 6.40. The summed E-state index contributed by atoms with van der Waals surface area (Å²) in [7, 11) is -1.99. The molecule has 0 aliphatic rings. The van der Waals surface area contributed by atoms with Crippen molar-refractivity contribution in [2.24, 2.45) is 0 Å². The largest absolute Gasteiger partial charge is 0.508 e. The van der Waals surface area contributed by atoms with E-state index in [0.29, 0.717) is 0 Å². The molecule has 0 aliphatic heterocycles. The third kappa shape index (κ3) is 2.49. The lowest BCUT2D eigenvalue weighted by Gasteiger charge is -2.10. The van der Waals surface area contributed by atoms with Crippen LogP contribution in [0.3, 0.4) is 0 Å². The van der Waals surface area contributed by atoms with Crippen molar-refractivity contribution in [1.82, 2.24) is 0 Å². The highest BCUT2D eigenvalue weighted by Crippen LogP contribution is 2.24. The SMILES string of the molecule is Cc1cc(C)c([PH](=O)c2ccc(O)cc2)cc1C. The second kappa shape index (κ2) is 4.99. The molecule has 0 heterocycles. The van der Waals surface area contributed by atoms with Crippen molar-refractivity contribution in [3.63, 3.8) is 0 Å². The highest BCUT2D eigenvalue weighted by molar-refractivity contribution is 7.61. The molecule has 2 nitrogen and oxygen atoms in total. The van der Waals surface area contributed by atoms with Crippen molar-refractivity contribution in [1.29, 1.82) is 0 Å². The van der Waals surface area contributed by atoms with E-state index in [9.17, 15) is 9.67 Å². The number of hydrogen-bond donors (Lipinski definition) is 1. The van der Waals surface area contributed by atoms with Crippen LogP contribution in [0.25, 0.3) is 0 Å². The standard InChI is InChI=1S/C15H17O2P/c1-10-8-12(3)15(9-11(10)2)18(17)14-6-4-13(16)5-7-14/h4-9,16,18H,1-3H3. The molecule has 2 rings (SSSR count). The summed E-state index contributed by atoms with van der Waals surface area (Å²) in [5, 5.41) is 10.9. The predicted octanol–water partition coefficient (Wildman–Crippen LogP) is 2.83. The summed E-state index contributed by atoms with van der Waals surface area (Å²) in [4.78, 5) is 0. The van der Waals surface area contributed by atoms with Gasteiger partial charge in [0, 0.05) is 10.6 Å². The minimum atomic E-state index is -1.99. The van der Waals surface area contributed by atoms with Crippen molar-refractivity contribution >= 4 is 18.4 Å². The van der Waals surface area contributed by atoms with Gasteiger partial charge in [-0.15, -0.1) is 0 Å². The lowest BCUT2D eigenvalue weighted by molar-refractivity contribution is 0.475. The molecule has 94 valence electrons. The van der Waals surface area contributed by atoms with Gasteiger partial charge in [-0.3, -0.25) is 0 Å². The van der Waals surface area contributed by atoms with Crippen LogP contribution in [-0.2, 0) is 4.57 Å². The van der Waals surface area contributed by atoms with E-state index in [2.05, 4.69) is 13.0 Å². The van der Waals surface area contributed by atoms with Gasteiger partial charge in [0.1, 0.15) is 13.6 Å². The molecule has 1 N–H and O–H groups in total. The maximum atomic E-state index is 12.5. The molecular formula is C15H17O2P. The molecule has 1 unspecified atom stereocenters. The van der Waals surface area contributed by atoms with Gasteiger partial charge in [-0.1, -0.05) is 6.07 Å². The van der Waals surface area contributed by atoms with Gasteiger partial charge in [-0.25, -0.2) is 0 Å².